The van der Waals surface area contributed by atoms with E-state index < -0.39 is 30.2 Å². The number of carboxylic acids is 2. The largest absolute Gasteiger partial charge is 0.481 e. The van der Waals surface area contributed by atoms with Gasteiger partial charge in [0.15, 0.2) is 0 Å². The van der Waals surface area contributed by atoms with Crippen molar-refractivity contribution in [1.82, 2.24) is 0 Å². The van der Waals surface area contributed by atoms with E-state index in [0.717, 1.165) is 19.3 Å². The van der Waals surface area contributed by atoms with Gasteiger partial charge in [0, 0.05) is 6.42 Å². The summed E-state index contributed by atoms with van der Waals surface area (Å²) in [6.45, 7) is 1.87. The molecule has 0 radical (unpaired) electrons. The van der Waals surface area contributed by atoms with Crippen LogP contribution in [0.5, 0.6) is 0 Å². The van der Waals surface area contributed by atoms with Crippen LogP contribution < -0.4 is 0 Å². The highest BCUT2D eigenvalue weighted by Gasteiger charge is 2.22. The lowest BCUT2D eigenvalue weighted by atomic mass is 10.0. The van der Waals surface area contributed by atoms with Gasteiger partial charge in [0.1, 0.15) is 12.5 Å². The number of carbonyl (C=O) groups excluding carboxylic acids is 1. The van der Waals surface area contributed by atoms with Gasteiger partial charge in [-0.2, -0.15) is 0 Å². The minimum absolute atomic E-state index is 0.261. The number of unbranched alkanes of at least 4 members (excludes halogenated alkanes) is 13. The molecule has 0 aromatic carbocycles. The van der Waals surface area contributed by atoms with E-state index >= 15 is 0 Å². The molecule has 0 aliphatic rings. The molecule has 0 heterocycles. The molecular formula is C22H40O6. The lowest BCUT2D eigenvalue weighted by molar-refractivity contribution is -0.155. The smallest absolute Gasteiger partial charge is 0.310 e. The summed E-state index contributed by atoms with van der Waals surface area (Å²) < 4.78 is 4.90. The quantitative estimate of drug-likeness (QED) is 0.204. The molecule has 0 amide bonds. The van der Waals surface area contributed by atoms with Crippen LogP contribution in [0.4, 0.5) is 0 Å². The number of aliphatic carboxylic acids is 2. The van der Waals surface area contributed by atoms with Gasteiger partial charge in [-0.1, -0.05) is 90.4 Å². The lowest BCUT2D eigenvalue weighted by Gasteiger charge is -2.10. The molecule has 0 saturated carbocycles. The van der Waals surface area contributed by atoms with Crippen molar-refractivity contribution in [3.63, 3.8) is 0 Å². The first-order valence-electron chi connectivity index (χ1n) is 11.1. The first-order chi connectivity index (χ1) is 13.5. The van der Waals surface area contributed by atoms with Crippen molar-refractivity contribution in [2.24, 2.45) is 5.92 Å². The molecule has 6 heteroatoms. The number of hydrogen-bond acceptors (Lipinski definition) is 4. The predicted octanol–water partition coefficient (Wildman–Crippen LogP) is 5.58. The molecular weight excluding hydrogens is 360 g/mol. The molecule has 0 aliphatic heterocycles. The molecule has 0 spiro atoms. The standard InChI is InChI=1S/C22H40O6/c1-2-3-4-5-6-7-8-9-10-11-12-13-14-15-16-21(25)28-18-19(22(26)27)17-20(23)24/h19H,2-18H2,1H3,(H,23,24)(H,26,27). The van der Waals surface area contributed by atoms with Crippen LogP contribution in [-0.2, 0) is 19.1 Å². The highest BCUT2D eigenvalue weighted by Crippen LogP contribution is 2.13. The zero-order valence-electron chi connectivity index (χ0n) is 17.6. The van der Waals surface area contributed by atoms with E-state index in [4.69, 9.17) is 14.9 Å². The summed E-state index contributed by atoms with van der Waals surface area (Å²) in [5.74, 6) is -4.10. The Kier molecular flexibility index (Phi) is 17.7. The van der Waals surface area contributed by atoms with Gasteiger partial charge in [-0.15, -0.1) is 0 Å². The van der Waals surface area contributed by atoms with Crippen molar-refractivity contribution in [1.29, 1.82) is 0 Å². The fourth-order valence-corrected chi connectivity index (χ4v) is 3.16. The van der Waals surface area contributed by atoms with Crippen LogP contribution in [0.25, 0.3) is 0 Å². The third kappa shape index (κ3) is 17.8. The highest BCUT2D eigenvalue weighted by molar-refractivity contribution is 5.78. The summed E-state index contributed by atoms with van der Waals surface area (Å²) in [6.07, 6.45) is 17.1. The minimum Gasteiger partial charge on any atom is -0.481 e. The Morgan fingerprint density at radius 3 is 1.54 bits per heavy atom. The van der Waals surface area contributed by atoms with Crippen LogP contribution in [0, 0.1) is 5.92 Å². The average molecular weight is 401 g/mol. The third-order valence-corrected chi connectivity index (χ3v) is 4.95. The van der Waals surface area contributed by atoms with Crippen molar-refractivity contribution in [3.8, 4) is 0 Å². The Morgan fingerprint density at radius 2 is 1.14 bits per heavy atom. The van der Waals surface area contributed by atoms with Crippen LogP contribution in [0.3, 0.4) is 0 Å². The Bertz CT molecular complexity index is 421. The Morgan fingerprint density at radius 1 is 0.714 bits per heavy atom. The summed E-state index contributed by atoms with van der Waals surface area (Å²) in [5.41, 5.74) is 0. The zero-order valence-corrected chi connectivity index (χ0v) is 17.6. The number of esters is 1. The summed E-state index contributed by atoms with van der Waals surface area (Å²) in [6, 6.07) is 0. The molecule has 1 unspecified atom stereocenters. The number of ether oxygens (including phenoxy) is 1. The van der Waals surface area contributed by atoms with E-state index in [1.54, 1.807) is 0 Å². The maximum Gasteiger partial charge on any atom is 0.310 e. The Labute approximate surface area is 170 Å². The molecule has 0 fully saturated rings. The molecule has 0 aliphatic carbocycles. The molecule has 28 heavy (non-hydrogen) atoms. The van der Waals surface area contributed by atoms with Crippen LogP contribution in [0.2, 0.25) is 0 Å². The van der Waals surface area contributed by atoms with Gasteiger partial charge in [-0.25, -0.2) is 0 Å². The van der Waals surface area contributed by atoms with Crippen LogP contribution in [0.15, 0.2) is 0 Å². The van der Waals surface area contributed by atoms with E-state index in [1.165, 1.54) is 70.6 Å². The first kappa shape index (κ1) is 26.4. The van der Waals surface area contributed by atoms with Crippen molar-refractivity contribution < 1.29 is 29.3 Å². The molecule has 2 N–H and O–H groups in total. The zero-order chi connectivity index (χ0) is 21.0. The molecule has 0 aromatic heterocycles. The fraction of sp³-hybridized carbons (Fsp3) is 0.864. The average Bonchev–Trinajstić information content (AvgIpc) is 2.64. The van der Waals surface area contributed by atoms with Gasteiger partial charge >= 0.3 is 17.9 Å². The number of hydrogen-bond donors (Lipinski definition) is 2. The second kappa shape index (κ2) is 18.8. The monoisotopic (exact) mass is 400 g/mol. The Balaban J connectivity index is 3.42. The second-order valence-electron chi connectivity index (χ2n) is 7.66. The molecule has 0 aromatic rings. The van der Waals surface area contributed by atoms with Gasteiger partial charge in [0.2, 0.25) is 0 Å². The molecule has 0 bridgehead atoms. The Hall–Kier alpha value is -1.59. The highest BCUT2D eigenvalue weighted by atomic mass is 16.5. The summed E-state index contributed by atoms with van der Waals surface area (Å²) >= 11 is 0. The van der Waals surface area contributed by atoms with E-state index in [2.05, 4.69) is 6.92 Å². The van der Waals surface area contributed by atoms with Crippen molar-refractivity contribution in [3.05, 3.63) is 0 Å². The van der Waals surface area contributed by atoms with Gasteiger partial charge in [0.05, 0.1) is 6.42 Å². The van der Waals surface area contributed by atoms with Crippen LogP contribution in [0.1, 0.15) is 110 Å². The maximum absolute atomic E-state index is 11.6. The lowest BCUT2D eigenvalue weighted by Crippen LogP contribution is -2.24. The second-order valence-corrected chi connectivity index (χ2v) is 7.66. The van der Waals surface area contributed by atoms with Crippen molar-refractivity contribution in [2.75, 3.05) is 6.61 Å². The maximum atomic E-state index is 11.6. The van der Waals surface area contributed by atoms with Gasteiger partial charge in [0.25, 0.3) is 0 Å². The predicted molar refractivity (Wildman–Crippen MR) is 109 cm³/mol. The summed E-state index contributed by atoms with van der Waals surface area (Å²) in [5, 5.41) is 17.5. The van der Waals surface area contributed by atoms with E-state index in [0.29, 0.717) is 0 Å². The third-order valence-electron chi connectivity index (χ3n) is 4.95. The molecule has 0 rings (SSSR count). The summed E-state index contributed by atoms with van der Waals surface area (Å²) in [7, 11) is 0. The van der Waals surface area contributed by atoms with Gasteiger partial charge in [-0.05, 0) is 6.42 Å². The first-order valence-corrected chi connectivity index (χ1v) is 11.1. The SMILES string of the molecule is CCCCCCCCCCCCCCCCC(=O)OCC(CC(=O)O)C(=O)O. The molecule has 6 nitrogen and oxygen atoms in total. The van der Waals surface area contributed by atoms with Gasteiger partial charge in [-0.3, -0.25) is 14.4 Å². The molecule has 1 atom stereocenters. The number of rotatable bonds is 20. The number of carboxylic acid groups (broad SMARTS) is 2. The minimum atomic E-state index is -1.26. The van der Waals surface area contributed by atoms with E-state index in [1.807, 2.05) is 0 Å². The van der Waals surface area contributed by atoms with Crippen LogP contribution >= 0.6 is 0 Å². The molecule has 0 saturated heterocycles. The summed E-state index contributed by atoms with van der Waals surface area (Å²) in [4.78, 5) is 33.1. The van der Waals surface area contributed by atoms with Crippen LogP contribution in [-0.4, -0.2) is 34.7 Å². The van der Waals surface area contributed by atoms with Crippen molar-refractivity contribution in [2.45, 2.75) is 110 Å². The van der Waals surface area contributed by atoms with E-state index in [-0.39, 0.29) is 13.0 Å². The van der Waals surface area contributed by atoms with Gasteiger partial charge < -0.3 is 14.9 Å². The number of carbonyl (C=O) groups is 3. The fourth-order valence-electron chi connectivity index (χ4n) is 3.16. The molecule has 164 valence electrons. The normalized spacial score (nSPS) is 11.9. The topological polar surface area (TPSA) is 101 Å². The van der Waals surface area contributed by atoms with E-state index in [9.17, 15) is 14.4 Å². The van der Waals surface area contributed by atoms with Crippen molar-refractivity contribution >= 4 is 17.9 Å².